The number of carbonyl (C=O) groups is 2. The number of carbonyl (C=O) groups excluding carboxylic acids is 2. The molecule has 30 heavy (non-hydrogen) atoms. The summed E-state index contributed by atoms with van der Waals surface area (Å²) in [6.07, 6.45) is 1.34. The zero-order chi connectivity index (χ0) is 21.7. The number of methoxy groups -OCH3 is 1. The van der Waals surface area contributed by atoms with Gasteiger partial charge in [-0.1, -0.05) is 29.8 Å². The number of rotatable bonds is 6. The first-order chi connectivity index (χ1) is 14.4. The Labute approximate surface area is 177 Å². The van der Waals surface area contributed by atoms with Crippen LogP contribution in [0.4, 0.5) is 4.39 Å². The molecule has 2 aromatic carbocycles. The number of halogens is 2. The lowest BCUT2D eigenvalue weighted by molar-refractivity contribution is 0.0600. The van der Waals surface area contributed by atoms with Crippen molar-refractivity contribution in [2.75, 3.05) is 7.11 Å². The van der Waals surface area contributed by atoms with Crippen LogP contribution in [0.1, 0.15) is 39.2 Å². The van der Waals surface area contributed by atoms with Gasteiger partial charge in [-0.05, 0) is 42.8 Å². The average molecular weight is 429 g/mol. The molecule has 1 heterocycles. The fourth-order valence-corrected chi connectivity index (χ4v) is 2.85. The van der Waals surface area contributed by atoms with E-state index in [-0.39, 0.29) is 28.3 Å². The average Bonchev–Trinajstić information content (AvgIpc) is 2.74. The standard InChI is InChI=1S/C22H18ClFN2O4/c1-13(14-6-8-15(9-7-14)22(28)29-2)26-20(27)19-10-16(23)12-25-21(19)30-18-5-3-4-17(24)11-18/h3-13H,1-2H3,(H,26,27)/t13-/m0/s1. The Morgan fingerprint density at radius 2 is 1.87 bits per heavy atom. The zero-order valence-electron chi connectivity index (χ0n) is 16.2. The van der Waals surface area contributed by atoms with E-state index in [1.807, 2.05) is 0 Å². The molecule has 3 rings (SSSR count). The Balaban J connectivity index is 1.79. The number of pyridine rings is 1. The molecule has 0 aliphatic heterocycles. The first-order valence-corrected chi connectivity index (χ1v) is 9.33. The number of benzene rings is 2. The minimum absolute atomic E-state index is 0.00395. The Hall–Kier alpha value is -3.45. The van der Waals surface area contributed by atoms with Gasteiger partial charge in [-0.15, -0.1) is 0 Å². The second-order valence-electron chi connectivity index (χ2n) is 6.37. The Morgan fingerprint density at radius 1 is 1.13 bits per heavy atom. The van der Waals surface area contributed by atoms with E-state index in [1.54, 1.807) is 37.3 Å². The van der Waals surface area contributed by atoms with E-state index in [9.17, 15) is 14.0 Å². The van der Waals surface area contributed by atoms with Gasteiger partial charge in [0, 0.05) is 12.3 Å². The number of ether oxygens (including phenoxy) is 2. The van der Waals surface area contributed by atoms with Crippen LogP contribution < -0.4 is 10.1 Å². The van der Waals surface area contributed by atoms with Crippen LogP contribution in [0.3, 0.4) is 0 Å². The molecule has 0 unspecified atom stereocenters. The molecular weight excluding hydrogens is 411 g/mol. The number of amides is 1. The quantitative estimate of drug-likeness (QED) is 0.562. The van der Waals surface area contributed by atoms with Crippen LogP contribution >= 0.6 is 11.6 Å². The molecule has 0 aliphatic rings. The molecule has 1 aromatic heterocycles. The lowest BCUT2D eigenvalue weighted by Crippen LogP contribution is -2.27. The number of aromatic nitrogens is 1. The second-order valence-corrected chi connectivity index (χ2v) is 6.81. The molecule has 0 spiro atoms. The van der Waals surface area contributed by atoms with Crippen molar-refractivity contribution in [3.63, 3.8) is 0 Å². The summed E-state index contributed by atoms with van der Waals surface area (Å²) >= 11 is 6.00. The van der Waals surface area contributed by atoms with Gasteiger partial charge in [0.25, 0.3) is 5.91 Å². The maximum atomic E-state index is 13.4. The fraction of sp³-hybridized carbons (Fsp3) is 0.136. The lowest BCUT2D eigenvalue weighted by Gasteiger charge is -2.16. The summed E-state index contributed by atoms with van der Waals surface area (Å²) in [7, 11) is 1.31. The van der Waals surface area contributed by atoms with Gasteiger partial charge < -0.3 is 14.8 Å². The highest BCUT2D eigenvalue weighted by molar-refractivity contribution is 6.30. The minimum atomic E-state index is -0.475. The molecule has 154 valence electrons. The number of esters is 1. The van der Waals surface area contributed by atoms with Crippen LogP contribution in [0, 0.1) is 5.82 Å². The van der Waals surface area contributed by atoms with Crippen molar-refractivity contribution >= 4 is 23.5 Å². The maximum absolute atomic E-state index is 13.4. The highest BCUT2D eigenvalue weighted by Crippen LogP contribution is 2.26. The molecule has 0 saturated carbocycles. The molecular formula is C22H18ClFN2O4. The first kappa shape index (κ1) is 21.3. The van der Waals surface area contributed by atoms with Crippen LogP contribution in [-0.2, 0) is 4.74 Å². The van der Waals surface area contributed by atoms with Crippen molar-refractivity contribution in [1.82, 2.24) is 10.3 Å². The largest absolute Gasteiger partial charge is 0.465 e. The molecule has 1 amide bonds. The van der Waals surface area contributed by atoms with E-state index < -0.39 is 17.7 Å². The lowest BCUT2D eigenvalue weighted by atomic mass is 10.1. The van der Waals surface area contributed by atoms with Crippen molar-refractivity contribution in [3.05, 3.63) is 88.3 Å². The van der Waals surface area contributed by atoms with E-state index in [2.05, 4.69) is 15.0 Å². The van der Waals surface area contributed by atoms with Gasteiger partial charge in [-0.25, -0.2) is 14.2 Å². The van der Waals surface area contributed by atoms with Crippen LogP contribution in [0.15, 0.2) is 60.8 Å². The topological polar surface area (TPSA) is 77.5 Å². The Kier molecular flexibility index (Phi) is 6.64. The Bertz CT molecular complexity index is 1070. The van der Waals surface area contributed by atoms with E-state index in [0.717, 1.165) is 5.56 Å². The van der Waals surface area contributed by atoms with Crippen LogP contribution in [0.5, 0.6) is 11.6 Å². The predicted octanol–water partition coefficient (Wildman–Crippen LogP) is 4.94. The number of hydrogen-bond donors (Lipinski definition) is 1. The smallest absolute Gasteiger partial charge is 0.337 e. The third-order valence-electron chi connectivity index (χ3n) is 4.25. The zero-order valence-corrected chi connectivity index (χ0v) is 16.9. The molecule has 0 fully saturated rings. The van der Waals surface area contributed by atoms with E-state index in [1.165, 1.54) is 37.6 Å². The summed E-state index contributed by atoms with van der Waals surface area (Å²) < 4.78 is 23.7. The van der Waals surface area contributed by atoms with Crippen LogP contribution in [0.25, 0.3) is 0 Å². The third kappa shape index (κ3) is 5.12. The molecule has 6 nitrogen and oxygen atoms in total. The molecule has 0 bridgehead atoms. The number of nitrogens with zero attached hydrogens (tertiary/aromatic N) is 1. The van der Waals surface area contributed by atoms with Gasteiger partial charge in [-0.2, -0.15) is 0 Å². The van der Waals surface area contributed by atoms with Crippen LogP contribution in [-0.4, -0.2) is 24.0 Å². The van der Waals surface area contributed by atoms with Gasteiger partial charge in [0.15, 0.2) is 0 Å². The van der Waals surface area contributed by atoms with E-state index in [0.29, 0.717) is 5.56 Å². The van der Waals surface area contributed by atoms with Gasteiger partial charge in [0.2, 0.25) is 5.88 Å². The monoisotopic (exact) mass is 428 g/mol. The molecule has 1 N–H and O–H groups in total. The van der Waals surface area contributed by atoms with E-state index in [4.69, 9.17) is 16.3 Å². The summed E-state index contributed by atoms with van der Waals surface area (Å²) in [6, 6.07) is 13.2. The normalized spacial score (nSPS) is 11.5. The summed E-state index contributed by atoms with van der Waals surface area (Å²) in [6.45, 7) is 1.79. The summed E-state index contributed by atoms with van der Waals surface area (Å²) in [5, 5.41) is 3.08. The van der Waals surface area contributed by atoms with Gasteiger partial charge in [-0.3, -0.25) is 4.79 Å². The van der Waals surface area contributed by atoms with Gasteiger partial charge in [0.1, 0.15) is 17.1 Å². The van der Waals surface area contributed by atoms with Crippen molar-refractivity contribution in [2.45, 2.75) is 13.0 Å². The maximum Gasteiger partial charge on any atom is 0.337 e. The third-order valence-corrected chi connectivity index (χ3v) is 4.46. The van der Waals surface area contributed by atoms with Crippen molar-refractivity contribution in [2.24, 2.45) is 0 Å². The van der Waals surface area contributed by atoms with Gasteiger partial charge in [0.05, 0.1) is 23.7 Å². The van der Waals surface area contributed by atoms with Crippen molar-refractivity contribution in [3.8, 4) is 11.6 Å². The van der Waals surface area contributed by atoms with Crippen molar-refractivity contribution < 1.29 is 23.5 Å². The van der Waals surface area contributed by atoms with E-state index >= 15 is 0 Å². The molecule has 0 saturated heterocycles. The second kappa shape index (κ2) is 9.37. The highest BCUT2D eigenvalue weighted by atomic mass is 35.5. The summed E-state index contributed by atoms with van der Waals surface area (Å²) in [5.74, 6) is -1.19. The first-order valence-electron chi connectivity index (χ1n) is 8.95. The number of hydrogen-bond acceptors (Lipinski definition) is 5. The molecule has 0 aliphatic carbocycles. The Morgan fingerprint density at radius 3 is 2.53 bits per heavy atom. The molecule has 0 radical (unpaired) electrons. The predicted molar refractivity (Wildman–Crippen MR) is 109 cm³/mol. The summed E-state index contributed by atoms with van der Waals surface area (Å²) in [4.78, 5) is 28.4. The fourth-order valence-electron chi connectivity index (χ4n) is 2.70. The SMILES string of the molecule is COC(=O)c1ccc([C@H](C)NC(=O)c2cc(Cl)cnc2Oc2cccc(F)c2)cc1. The van der Waals surface area contributed by atoms with Crippen molar-refractivity contribution in [1.29, 1.82) is 0 Å². The number of nitrogens with one attached hydrogen (secondary N) is 1. The molecule has 3 aromatic rings. The summed E-state index contributed by atoms with van der Waals surface area (Å²) in [5.41, 5.74) is 1.29. The highest BCUT2D eigenvalue weighted by Gasteiger charge is 2.19. The minimum Gasteiger partial charge on any atom is -0.465 e. The molecule has 8 heteroatoms. The van der Waals surface area contributed by atoms with Crippen LogP contribution in [0.2, 0.25) is 5.02 Å². The van der Waals surface area contributed by atoms with Gasteiger partial charge >= 0.3 is 5.97 Å². The molecule has 1 atom stereocenters.